The second kappa shape index (κ2) is 9.98. The first-order valence-electron chi connectivity index (χ1n) is 8.75. The fraction of sp³-hybridized carbons (Fsp3) is 0.300. The predicted molar refractivity (Wildman–Crippen MR) is 124 cm³/mol. The molecule has 8 heteroatoms. The van der Waals surface area contributed by atoms with Gasteiger partial charge in [-0.2, -0.15) is 0 Å². The summed E-state index contributed by atoms with van der Waals surface area (Å²) >= 11 is 10.7. The number of hydrogen-bond donors (Lipinski definition) is 0. The molecule has 0 bridgehead atoms. The third-order valence-electron chi connectivity index (χ3n) is 4.07. The maximum atomic E-state index is 13.0. The number of hydrogen-bond acceptors (Lipinski definition) is 6. The van der Waals surface area contributed by atoms with E-state index in [9.17, 15) is 4.79 Å². The fourth-order valence-electron chi connectivity index (χ4n) is 2.57. The summed E-state index contributed by atoms with van der Waals surface area (Å²) in [5.41, 5.74) is 0.975. The molecule has 3 rings (SSSR count). The van der Waals surface area contributed by atoms with Gasteiger partial charge in [0.15, 0.2) is 5.13 Å². The molecule has 4 nitrogen and oxygen atoms in total. The second-order valence-electron chi connectivity index (χ2n) is 6.39. The molecule has 148 valence electrons. The van der Waals surface area contributed by atoms with Crippen LogP contribution >= 0.6 is 46.5 Å². The van der Waals surface area contributed by atoms with E-state index in [-0.39, 0.29) is 5.91 Å². The Balaban J connectivity index is 1.81. The smallest absolute Gasteiger partial charge is 0.239 e. The lowest BCUT2D eigenvalue weighted by Crippen LogP contribution is -2.37. The minimum absolute atomic E-state index is 0.0616. The van der Waals surface area contributed by atoms with Gasteiger partial charge in [0.2, 0.25) is 5.91 Å². The van der Waals surface area contributed by atoms with E-state index in [1.165, 1.54) is 11.8 Å². The number of nitrogens with zero attached hydrogens (tertiary/aromatic N) is 3. The molecule has 0 radical (unpaired) electrons. The number of fused-ring (bicyclic) bond motifs is 1. The number of carbonyl (C=O) groups excluding carboxylic acids is 1. The van der Waals surface area contributed by atoms with Crippen molar-refractivity contribution in [3.63, 3.8) is 0 Å². The molecule has 0 fully saturated rings. The number of anilines is 1. The Morgan fingerprint density at radius 3 is 2.57 bits per heavy atom. The maximum Gasteiger partial charge on any atom is 0.239 e. The van der Waals surface area contributed by atoms with Crippen LogP contribution in [0.2, 0.25) is 5.02 Å². The van der Waals surface area contributed by atoms with Crippen molar-refractivity contribution in [3.05, 3.63) is 47.5 Å². The minimum atomic E-state index is 0.0616. The normalized spacial score (nSPS) is 11.3. The van der Waals surface area contributed by atoms with E-state index in [0.29, 0.717) is 17.3 Å². The first kappa shape index (κ1) is 21.5. The van der Waals surface area contributed by atoms with Gasteiger partial charge in [0.05, 0.1) is 16.0 Å². The molecule has 0 saturated carbocycles. The van der Waals surface area contributed by atoms with Crippen molar-refractivity contribution in [3.8, 4) is 0 Å². The van der Waals surface area contributed by atoms with Crippen molar-refractivity contribution in [1.82, 2.24) is 9.88 Å². The van der Waals surface area contributed by atoms with Gasteiger partial charge in [0.25, 0.3) is 0 Å². The van der Waals surface area contributed by atoms with E-state index in [1.807, 2.05) is 55.6 Å². The van der Waals surface area contributed by atoms with Crippen molar-refractivity contribution < 1.29 is 4.79 Å². The Labute approximate surface area is 183 Å². The standard InChI is InChI=1S/C20H22ClN3OS3/c1-23(2)11-12-24(18(25)13-27-15-9-7-14(21)8-10-15)20-22-19-16(26-3)5-4-6-17(19)28-20/h4-10H,11-13H2,1-3H3. The average Bonchev–Trinajstić information content (AvgIpc) is 3.11. The second-order valence-corrected chi connectivity index (χ2v) is 9.74. The van der Waals surface area contributed by atoms with Crippen molar-refractivity contribution in [2.75, 3.05) is 44.1 Å². The predicted octanol–water partition coefficient (Wildman–Crippen LogP) is 5.36. The number of thioether (sulfide) groups is 2. The van der Waals surface area contributed by atoms with E-state index in [0.717, 1.165) is 31.7 Å². The molecule has 0 spiro atoms. The molecule has 28 heavy (non-hydrogen) atoms. The number of amides is 1. The summed E-state index contributed by atoms with van der Waals surface area (Å²) < 4.78 is 1.11. The van der Waals surface area contributed by atoms with Crippen LogP contribution in [-0.4, -0.2) is 55.0 Å². The summed E-state index contributed by atoms with van der Waals surface area (Å²) in [6.45, 7) is 1.39. The van der Waals surface area contributed by atoms with Crippen LogP contribution in [-0.2, 0) is 4.79 Å². The summed E-state index contributed by atoms with van der Waals surface area (Å²) in [6.07, 6.45) is 2.05. The number of para-hydroxylation sites is 1. The van der Waals surface area contributed by atoms with Crippen LogP contribution < -0.4 is 4.90 Å². The quantitative estimate of drug-likeness (QED) is 0.431. The fourth-order valence-corrected chi connectivity index (χ4v) is 5.14. The van der Waals surface area contributed by atoms with Crippen LogP contribution in [0.1, 0.15) is 0 Å². The summed E-state index contributed by atoms with van der Waals surface area (Å²) in [6, 6.07) is 13.7. The molecule has 1 heterocycles. The SMILES string of the molecule is CSc1cccc2sc(N(CCN(C)C)C(=O)CSc3ccc(Cl)cc3)nc12. The Morgan fingerprint density at radius 2 is 1.89 bits per heavy atom. The largest absolute Gasteiger partial charge is 0.308 e. The summed E-state index contributed by atoms with van der Waals surface area (Å²) in [7, 11) is 4.02. The Hall–Kier alpha value is -1.25. The van der Waals surface area contributed by atoms with E-state index in [1.54, 1.807) is 23.1 Å². The number of rotatable bonds is 8. The monoisotopic (exact) mass is 451 g/mol. The van der Waals surface area contributed by atoms with Crippen LogP contribution in [0.4, 0.5) is 5.13 Å². The lowest BCUT2D eigenvalue weighted by atomic mass is 10.3. The van der Waals surface area contributed by atoms with Crippen molar-refractivity contribution in [2.45, 2.75) is 9.79 Å². The summed E-state index contributed by atoms with van der Waals surface area (Å²) in [4.78, 5) is 23.9. The van der Waals surface area contributed by atoms with E-state index in [2.05, 4.69) is 17.0 Å². The zero-order valence-electron chi connectivity index (χ0n) is 16.0. The molecule has 0 N–H and O–H groups in total. The molecular formula is C20H22ClN3OS3. The van der Waals surface area contributed by atoms with Crippen LogP contribution in [0, 0.1) is 0 Å². The van der Waals surface area contributed by atoms with Crippen LogP contribution in [0.15, 0.2) is 52.3 Å². The topological polar surface area (TPSA) is 36.4 Å². The number of likely N-dealkylation sites (N-methyl/N-ethyl adjacent to an activating group) is 1. The van der Waals surface area contributed by atoms with E-state index < -0.39 is 0 Å². The van der Waals surface area contributed by atoms with Gasteiger partial charge < -0.3 is 4.90 Å². The highest BCUT2D eigenvalue weighted by Gasteiger charge is 2.21. The van der Waals surface area contributed by atoms with E-state index >= 15 is 0 Å². The molecule has 0 saturated heterocycles. The molecule has 0 aliphatic heterocycles. The molecule has 1 aromatic heterocycles. The number of thiazole rings is 1. The maximum absolute atomic E-state index is 13.0. The third-order valence-corrected chi connectivity index (χ3v) is 7.13. The molecule has 3 aromatic rings. The van der Waals surface area contributed by atoms with E-state index in [4.69, 9.17) is 16.6 Å². The first-order valence-corrected chi connectivity index (χ1v) is 12.2. The number of aromatic nitrogens is 1. The highest BCUT2D eigenvalue weighted by Crippen LogP contribution is 2.34. The van der Waals surface area contributed by atoms with Gasteiger partial charge in [-0.1, -0.05) is 29.0 Å². The van der Waals surface area contributed by atoms with Crippen molar-refractivity contribution in [2.24, 2.45) is 0 Å². The van der Waals surface area contributed by atoms with Gasteiger partial charge in [-0.15, -0.1) is 23.5 Å². The van der Waals surface area contributed by atoms with Gasteiger partial charge in [0.1, 0.15) is 0 Å². The highest BCUT2D eigenvalue weighted by atomic mass is 35.5. The van der Waals surface area contributed by atoms with Crippen LogP contribution in [0.25, 0.3) is 10.2 Å². The van der Waals surface area contributed by atoms with Gasteiger partial charge in [-0.05, 0) is 56.7 Å². The van der Waals surface area contributed by atoms with Gasteiger partial charge >= 0.3 is 0 Å². The number of halogens is 1. The van der Waals surface area contributed by atoms with Gasteiger partial charge in [0, 0.05) is 27.9 Å². The molecule has 0 atom stereocenters. The zero-order chi connectivity index (χ0) is 20.1. The molecule has 0 aliphatic carbocycles. The third kappa shape index (κ3) is 5.42. The van der Waals surface area contributed by atoms with Crippen molar-refractivity contribution in [1.29, 1.82) is 0 Å². The van der Waals surface area contributed by atoms with Crippen LogP contribution in [0.5, 0.6) is 0 Å². The Bertz CT molecular complexity index is 944. The summed E-state index contributed by atoms with van der Waals surface area (Å²) in [5.74, 6) is 0.423. The molecule has 2 aromatic carbocycles. The van der Waals surface area contributed by atoms with Crippen molar-refractivity contribution >= 4 is 67.7 Å². The lowest BCUT2D eigenvalue weighted by Gasteiger charge is -2.21. The highest BCUT2D eigenvalue weighted by molar-refractivity contribution is 8.00. The number of carbonyl (C=O) groups is 1. The van der Waals surface area contributed by atoms with Gasteiger partial charge in [-0.25, -0.2) is 4.98 Å². The molecule has 0 unspecified atom stereocenters. The lowest BCUT2D eigenvalue weighted by molar-refractivity contribution is -0.116. The zero-order valence-corrected chi connectivity index (χ0v) is 19.2. The number of benzene rings is 2. The molecular weight excluding hydrogens is 430 g/mol. The minimum Gasteiger partial charge on any atom is -0.308 e. The van der Waals surface area contributed by atoms with Gasteiger partial charge in [-0.3, -0.25) is 9.69 Å². The Kier molecular flexibility index (Phi) is 7.65. The average molecular weight is 452 g/mol. The first-order chi connectivity index (χ1) is 13.5. The summed E-state index contributed by atoms with van der Waals surface area (Å²) in [5, 5.41) is 1.46. The Morgan fingerprint density at radius 1 is 1.14 bits per heavy atom. The molecule has 0 aliphatic rings. The molecule has 1 amide bonds. The van der Waals surface area contributed by atoms with Crippen LogP contribution in [0.3, 0.4) is 0 Å².